The molecule has 0 amide bonds. The highest BCUT2D eigenvalue weighted by atomic mass is 14.6. The molecule has 2 N–H and O–H groups in total. The lowest BCUT2D eigenvalue weighted by molar-refractivity contribution is 0.164. The molecule has 1 unspecified atom stereocenters. The molecule has 1 heteroatoms. The summed E-state index contributed by atoms with van der Waals surface area (Å²) in [6.07, 6.45) is 2.69. The molecule has 0 saturated heterocycles. The van der Waals surface area contributed by atoms with Gasteiger partial charge in [0.25, 0.3) is 0 Å². The topological polar surface area (TPSA) is 26.0 Å². The maximum Gasteiger partial charge on any atom is 0.00390 e. The largest absolute Gasteiger partial charge is 0.402 e. The number of hydrogen-bond acceptors (Lipinski definition) is 1. The Balaban J connectivity index is 2.31. The first-order valence-electron chi connectivity index (χ1n) is 4.05. The third kappa shape index (κ3) is 1.34. The summed E-state index contributed by atoms with van der Waals surface area (Å²) in [5.74, 6) is 2.29. The molecule has 1 atom stereocenters. The molecule has 1 nitrogen and oxygen atoms in total. The molecule has 1 rings (SSSR count). The van der Waals surface area contributed by atoms with E-state index in [-0.39, 0.29) is 0 Å². The second-order valence-corrected chi connectivity index (χ2v) is 3.70. The summed E-state index contributed by atoms with van der Waals surface area (Å²) in [7, 11) is 0. The molecule has 0 aromatic rings. The summed E-state index contributed by atoms with van der Waals surface area (Å²) < 4.78 is 0. The van der Waals surface area contributed by atoms with E-state index < -0.39 is 0 Å². The predicted octanol–water partition coefficient (Wildman–Crippen LogP) is 2.14. The average molecular weight is 139 g/mol. The minimum absolute atomic E-state index is 0.538. The SMILES string of the molecule is C=C(N)C(C)C1CC(C)C1. The van der Waals surface area contributed by atoms with Crippen LogP contribution in [0.4, 0.5) is 0 Å². The summed E-state index contributed by atoms with van der Waals surface area (Å²) in [5.41, 5.74) is 6.46. The standard InChI is InChI=1S/C9H17N/c1-6-4-9(5-6)7(2)8(3)10/h6-7,9H,3-5,10H2,1-2H3. The Labute approximate surface area is 63.3 Å². The van der Waals surface area contributed by atoms with Crippen LogP contribution < -0.4 is 5.73 Å². The molecular weight excluding hydrogens is 122 g/mol. The monoisotopic (exact) mass is 139 g/mol. The fraction of sp³-hybridized carbons (Fsp3) is 0.778. The molecule has 0 aromatic heterocycles. The number of rotatable bonds is 2. The minimum Gasteiger partial charge on any atom is -0.402 e. The van der Waals surface area contributed by atoms with Crippen LogP contribution in [-0.4, -0.2) is 0 Å². The smallest absolute Gasteiger partial charge is 0.00390 e. The summed E-state index contributed by atoms with van der Waals surface area (Å²) in [4.78, 5) is 0. The molecule has 0 aliphatic heterocycles. The molecule has 0 aromatic carbocycles. The maximum atomic E-state index is 5.60. The first-order chi connectivity index (χ1) is 4.61. The van der Waals surface area contributed by atoms with Gasteiger partial charge >= 0.3 is 0 Å². The van der Waals surface area contributed by atoms with Crippen LogP contribution in [0.15, 0.2) is 12.3 Å². The van der Waals surface area contributed by atoms with Gasteiger partial charge in [0.15, 0.2) is 0 Å². The van der Waals surface area contributed by atoms with Crippen LogP contribution in [0, 0.1) is 17.8 Å². The maximum absolute atomic E-state index is 5.60. The van der Waals surface area contributed by atoms with Crippen LogP contribution in [0.25, 0.3) is 0 Å². The molecule has 10 heavy (non-hydrogen) atoms. The van der Waals surface area contributed by atoms with E-state index >= 15 is 0 Å². The van der Waals surface area contributed by atoms with Crippen LogP contribution in [0.2, 0.25) is 0 Å². The molecule has 1 aliphatic carbocycles. The van der Waals surface area contributed by atoms with E-state index in [1.54, 1.807) is 0 Å². The molecule has 1 aliphatic rings. The highest BCUT2D eigenvalue weighted by molar-refractivity contribution is 4.98. The molecule has 0 spiro atoms. The Kier molecular flexibility index (Phi) is 2.02. The van der Waals surface area contributed by atoms with Gasteiger partial charge in [-0.05, 0) is 30.6 Å². The van der Waals surface area contributed by atoms with Gasteiger partial charge in [0.2, 0.25) is 0 Å². The quantitative estimate of drug-likeness (QED) is 0.623. The minimum atomic E-state index is 0.538. The van der Waals surface area contributed by atoms with Crippen molar-refractivity contribution in [2.24, 2.45) is 23.5 Å². The Morgan fingerprint density at radius 2 is 2.10 bits per heavy atom. The normalized spacial score (nSPS) is 34.6. The van der Waals surface area contributed by atoms with Gasteiger partial charge in [-0.1, -0.05) is 20.4 Å². The third-order valence-corrected chi connectivity index (χ3v) is 2.70. The summed E-state index contributed by atoms with van der Waals surface area (Å²) in [6.45, 7) is 8.23. The van der Waals surface area contributed by atoms with Crippen LogP contribution in [0.3, 0.4) is 0 Å². The second-order valence-electron chi connectivity index (χ2n) is 3.70. The number of nitrogens with two attached hydrogens (primary N) is 1. The van der Waals surface area contributed by atoms with Crippen molar-refractivity contribution < 1.29 is 0 Å². The van der Waals surface area contributed by atoms with Gasteiger partial charge in [0.1, 0.15) is 0 Å². The molecule has 0 radical (unpaired) electrons. The van der Waals surface area contributed by atoms with Crippen LogP contribution in [-0.2, 0) is 0 Å². The van der Waals surface area contributed by atoms with E-state index in [2.05, 4.69) is 20.4 Å². The van der Waals surface area contributed by atoms with Crippen molar-refractivity contribution in [3.63, 3.8) is 0 Å². The van der Waals surface area contributed by atoms with Crippen molar-refractivity contribution >= 4 is 0 Å². The summed E-state index contributed by atoms with van der Waals surface area (Å²) >= 11 is 0. The zero-order valence-electron chi connectivity index (χ0n) is 6.93. The molecule has 1 saturated carbocycles. The predicted molar refractivity (Wildman–Crippen MR) is 44.4 cm³/mol. The molecule has 0 bridgehead atoms. The van der Waals surface area contributed by atoms with E-state index in [0.717, 1.165) is 17.5 Å². The van der Waals surface area contributed by atoms with Crippen LogP contribution >= 0.6 is 0 Å². The first kappa shape index (κ1) is 7.64. The van der Waals surface area contributed by atoms with E-state index in [9.17, 15) is 0 Å². The van der Waals surface area contributed by atoms with Gasteiger partial charge in [0.05, 0.1) is 0 Å². The van der Waals surface area contributed by atoms with E-state index in [4.69, 9.17) is 5.73 Å². The van der Waals surface area contributed by atoms with E-state index in [0.29, 0.717) is 5.92 Å². The Morgan fingerprint density at radius 3 is 2.40 bits per heavy atom. The van der Waals surface area contributed by atoms with Crippen molar-refractivity contribution in [3.8, 4) is 0 Å². The van der Waals surface area contributed by atoms with Crippen molar-refractivity contribution in [3.05, 3.63) is 12.3 Å². The highest BCUT2D eigenvalue weighted by Gasteiger charge is 2.30. The van der Waals surface area contributed by atoms with E-state index in [1.165, 1.54) is 12.8 Å². The van der Waals surface area contributed by atoms with E-state index in [1.807, 2.05) is 0 Å². The summed E-state index contributed by atoms with van der Waals surface area (Å²) in [6, 6.07) is 0. The molecule has 0 heterocycles. The molecule has 1 fully saturated rings. The van der Waals surface area contributed by atoms with Crippen LogP contribution in [0.1, 0.15) is 26.7 Å². The lowest BCUT2D eigenvalue weighted by atomic mass is 9.69. The highest BCUT2D eigenvalue weighted by Crippen LogP contribution is 2.39. The van der Waals surface area contributed by atoms with Crippen molar-refractivity contribution in [1.82, 2.24) is 0 Å². The Morgan fingerprint density at radius 1 is 1.60 bits per heavy atom. The van der Waals surface area contributed by atoms with Gasteiger partial charge in [-0.15, -0.1) is 0 Å². The lowest BCUT2D eigenvalue weighted by Gasteiger charge is -2.37. The van der Waals surface area contributed by atoms with Gasteiger partial charge in [-0.3, -0.25) is 0 Å². The Hall–Kier alpha value is -0.460. The summed E-state index contributed by atoms with van der Waals surface area (Å²) in [5, 5.41) is 0. The Bertz CT molecular complexity index is 134. The van der Waals surface area contributed by atoms with Gasteiger partial charge < -0.3 is 5.73 Å². The van der Waals surface area contributed by atoms with Gasteiger partial charge in [-0.25, -0.2) is 0 Å². The van der Waals surface area contributed by atoms with Gasteiger partial charge in [-0.2, -0.15) is 0 Å². The fourth-order valence-corrected chi connectivity index (χ4v) is 1.68. The average Bonchev–Trinajstić information content (AvgIpc) is 1.79. The second kappa shape index (κ2) is 2.65. The fourth-order valence-electron chi connectivity index (χ4n) is 1.68. The van der Waals surface area contributed by atoms with Gasteiger partial charge in [0, 0.05) is 5.70 Å². The zero-order valence-corrected chi connectivity index (χ0v) is 6.93. The van der Waals surface area contributed by atoms with Crippen molar-refractivity contribution in [1.29, 1.82) is 0 Å². The lowest BCUT2D eigenvalue weighted by Crippen LogP contribution is -2.29. The number of allylic oxidation sites excluding steroid dienone is 1. The molecular formula is C9H17N. The number of hydrogen-bond donors (Lipinski definition) is 1. The first-order valence-corrected chi connectivity index (χ1v) is 4.05. The third-order valence-electron chi connectivity index (χ3n) is 2.70. The van der Waals surface area contributed by atoms with Crippen molar-refractivity contribution in [2.75, 3.05) is 0 Å². The van der Waals surface area contributed by atoms with Crippen LogP contribution in [0.5, 0.6) is 0 Å². The van der Waals surface area contributed by atoms with Crippen molar-refractivity contribution in [2.45, 2.75) is 26.7 Å². The zero-order chi connectivity index (χ0) is 7.72. The molecule has 58 valence electrons.